The summed E-state index contributed by atoms with van der Waals surface area (Å²) in [5, 5.41) is 9.49. The number of carboxylic acids is 1. The molecule has 1 aliphatic heterocycles. The maximum Gasteiger partial charge on any atom is 0.309 e. The molecule has 4 heteroatoms. The molecule has 34 heavy (non-hydrogen) atoms. The van der Waals surface area contributed by atoms with E-state index in [-0.39, 0.29) is 40.7 Å². The van der Waals surface area contributed by atoms with Gasteiger partial charge in [-0.15, -0.1) is 0 Å². The lowest BCUT2D eigenvalue weighted by Gasteiger charge is -2.55. The molecule has 1 heterocycles. The highest BCUT2D eigenvalue weighted by molar-refractivity contribution is 5.74. The number of aliphatic carboxylic acids is 1. The number of ether oxygens (including phenoxy) is 1. The average Bonchev–Trinajstić information content (AvgIpc) is 3.22. The summed E-state index contributed by atoms with van der Waals surface area (Å²) in [7, 11) is 0. The Bertz CT molecular complexity index is 899. The normalized spacial score (nSPS) is 42.5. The van der Waals surface area contributed by atoms with Crippen LogP contribution >= 0.6 is 0 Å². The van der Waals surface area contributed by atoms with Gasteiger partial charge in [0.25, 0.3) is 0 Å². The van der Waals surface area contributed by atoms with Crippen LogP contribution in [0.2, 0.25) is 0 Å². The minimum atomic E-state index is -0.683. The van der Waals surface area contributed by atoms with E-state index in [0.717, 1.165) is 32.1 Å². The molecule has 3 aliphatic carbocycles. The van der Waals surface area contributed by atoms with Crippen LogP contribution < -0.4 is 0 Å². The predicted octanol–water partition coefficient (Wildman–Crippen LogP) is 7.19. The minimum absolute atomic E-state index is 0.0102. The molecule has 0 aromatic heterocycles. The Morgan fingerprint density at radius 2 is 1.91 bits per heavy atom. The quantitative estimate of drug-likeness (QED) is 0.400. The van der Waals surface area contributed by atoms with Gasteiger partial charge in [0.2, 0.25) is 0 Å². The molecule has 0 amide bonds. The number of hydrogen-bond donors (Lipinski definition) is 1. The van der Waals surface area contributed by atoms with Gasteiger partial charge in [-0.05, 0) is 90.4 Å². The molecule has 0 spiro atoms. The topological polar surface area (TPSA) is 63.6 Å². The smallest absolute Gasteiger partial charge is 0.309 e. The monoisotopic (exact) mass is 470 g/mol. The van der Waals surface area contributed by atoms with Crippen LogP contribution in [-0.4, -0.2) is 23.1 Å². The van der Waals surface area contributed by atoms with Crippen LogP contribution in [0.4, 0.5) is 0 Å². The van der Waals surface area contributed by atoms with E-state index in [1.807, 2.05) is 6.92 Å². The van der Waals surface area contributed by atoms with Crippen molar-refractivity contribution in [2.45, 2.75) is 106 Å². The molecule has 0 aromatic rings. The fourth-order valence-corrected chi connectivity index (χ4v) is 8.65. The van der Waals surface area contributed by atoms with Gasteiger partial charge >= 0.3 is 11.9 Å². The molecule has 190 valence electrons. The Morgan fingerprint density at radius 1 is 1.21 bits per heavy atom. The number of hydrogen-bond acceptors (Lipinski definition) is 3. The number of carbonyl (C=O) groups excluding carboxylic acids is 1. The van der Waals surface area contributed by atoms with Crippen molar-refractivity contribution < 1.29 is 19.4 Å². The number of cyclic esters (lactones) is 1. The van der Waals surface area contributed by atoms with Crippen molar-refractivity contribution in [1.82, 2.24) is 0 Å². The summed E-state index contributed by atoms with van der Waals surface area (Å²) >= 11 is 0. The van der Waals surface area contributed by atoms with Crippen molar-refractivity contribution in [3.63, 3.8) is 0 Å². The standard InChI is InChI=1S/C30H46O4/c1-18(2)23-9-8-22-24(28(23,5)13-12-26(31)32)10-15-30(7)25(22)11-14-29(30,6)20(4)17-21-16-19(3)27(33)34-21/h8-9,18-21,23-24H,10-17H2,1-7H3,(H,31,32)/t19-,20-,21+,23+,24-,28+,29+,30-/m1/s1. The van der Waals surface area contributed by atoms with E-state index >= 15 is 0 Å². The maximum absolute atomic E-state index is 12.0. The molecule has 1 N–H and O–H groups in total. The fraction of sp³-hybridized carbons (Fsp3) is 0.800. The van der Waals surface area contributed by atoms with Gasteiger partial charge < -0.3 is 9.84 Å². The maximum atomic E-state index is 12.0. The van der Waals surface area contributed by atoms with Gasteiger partial charge in [0.05, 0.1) is 5.92 Å². The highest BCUT2D eigenvalue weighted by Gasteiger charge is 2.59. The number of fused-ring (bicyclic) bond motifs is 2. The van der Waals surface area contributed by atoms with Crippen LogP contribution in [0.1, 0.15) is 99.8 Å². The first kappa shape index (κ1) is 25.5. The molecule has 4 aliphatic rings. The summed E-state index contributed by atoms with van der Waals surface area (Å²) in [6.45, 7) is 16.3. The van der Waals surface area contributed by atoms with Crippen molar-refractivity contribution in [1.29, 1.82) is 0 Å². The van der Waals surface area contributed by atoms with E-state index in [2.05, 4.69) is 53.7 Å². The Balaban J connectivity index is 1.65. The van der Waals surface area contributed by atoms with Gasteiger partial charge in [-0.2, -0.15) is 0 Å². The van der Waals surface area contributed by atoms with Crippen molar-refractivity contribution in [3.8, 4) is 0 Å². The van der Waals surface area contributed by atoms with Crippen LogP contribution in [0.3, 0.4) is 0 Å². The van der Waals surface area contributed by atoms with Crippen LogP contribution in [-0.2, 0) is 14.3 Å². The Hall–Kier alpha value is -1.58. The summed E-state index contributed by atoms with van der Waals surface area (Å²) in [6, 6.07) is 0. The van der Waals surface area contributed by atoms with E-state index in [1.54, 1.807) is 5.57 Å². The summed E-state index contributed by atoms with van der Waals surface area (Å²) < 4.78 is 5.70. The third-order valence-corrected chi connectivity index (χ3v) is 11.1. The first-order valence-electron chi connectivity index (χ1n) is 13.7. The van der Waals surface area contributed by atoms with Crippen molar-refractivity contribution >= 4 is 11.9 Å². The largest absolute Gasteiger partial charge is 0.481 e. The molecule has 4 nitrogen and oxygen atoms in total. The van der Waals surface area contributed by atoms with Gasteiger partial charge in [-0.1, -0.05) is 66.2 Å². The van der Waals surface area contributed by atoms with Gasteiger partial charge in [-0.3, -0.25) is 9.59 Å². The second-order valence-corrected chi connectivity index (χ2v) is 13.1. The highest BCUT2D eigenvalue weighted by atomic mass is 16.5. The average molecular weight is 471 g/mol. The lowest BCUT2D eigenvalue weighted by Crippen LogP contribution is -2.47. The van der Waals surface area contributed by atoms with Crippen molar-refractivity contribution in [3.05, 3.63) is 23.3 Å². The second-order valence-electron chi connectivity index (χ2n) is 13.1. The predicted molar refractivity (Wildman–Crippen MR) is 135 cm³/mol. The van der Waals surface area contributed by atoms with E-state index in [9.17, 15) is 14.7 Å². The van der Waals surface area contributed by atoms with Crippen LogP contribution in [0.15, 0.2) is 23.3 Å². The molecule has 0 bridgehead atoms. The molecule has 1 saturated carbocycles. The Kier molecular flexibility index (Phi) is 6.62. The van der Waals surface area contributed by atoms with E-state index in [0.29, 0.717) is 23.7 Å². The molecule has 0 radical (unpaired) electrons. The summed E-state index contributed by atoms with van der Waals surface area (Å²) in [4.78, 5) is 23.5. The molecule has 0 aromatic carbocycles. The lowest BCUT2D eigenvalue weighted by atomic mass is 9.49. The first-order chi connectivity index (χ1) is 15.8. The van der Waals surface area contributed by atoms with Gasteiger partial charge in [0.1, 0.15) is 6.10 Å². The number of allylic oxidation sites excluding steroid dienone is 4. The highest BCUT2D eigenvalue weighted by Crippen LogP contribution is 2.68. The van der Waals surface area contributed by atoms with E-state index in [4.69, 9.17) is 4.74 Å². The number of carbonyl (C=O) groups is 2. The van der Waals surface area contributed by atoms with Gasteiger partial charge in [-0.25, -0.2) is 0 Å². The van der Waals surface area contributed by atoms with E-state index in [1.165, 1.54) is 18.4 Å². The third-order valence-electron chi connectivity index (χ3n) is 11.1. The number of carboxylic acid groups (broad SMARTS) is 1. The van der Waals surface area contributed by atoms with Crippen molar-refractivity contribution in [2.24, 2.45) is 45.8 Å². The zero-order valence-electron chi connectivity index (χ0n) is 22.4. The summed E-state index contributed by atoms with van der Waals surface area (Å²) in [5.41, 5.74) is 3.47. The molecule has 1 saturated heterocycles. The molecule has 2 fully saturated rings. The molecular weight excluding hydrogens is 424 g/mol. The molecule has 4 rings (SSSR count). The van der Waals surface area contributed by atoms with Crippen LogP contribution in [0.25, 0.3) is 0 Å². The molecule has 0 unspecified atom stereocenters. The van der Waals surface area contributed by atoms with Gasteiger partial charge in [0, 0.05) is 6.42 Å². The third kappa shape index (κ3) is 3.88. The zero-order valence-corrected chi connectivity index (χ0v) is 22.4. The summed E-state index contributed by atoms with van der Waals surface area (Å²) in [6.07, 6.45) is 12.3. The second kappa shape index (κ2) is 8.82. The van der Waals surface area contributed by atoms with E-state index < -0.39 is 5.97 Å². The molecular formula is C30H46O4. The Labute approximate surface area is 206 Å². The van der Waals surface area contributed by atoms with Crippen LogP contribution in [0.5, 0.6) is 0 Å². The minimum Gasteiger partial charge on any atom is -0.481 e. The first-order valence-corrected chi connectivity index (χ1v) is 13.7. The lowest BCUT2D eigenvalue weighted by molar-refractivity contribution is -0.145. The Morgan fingerprint density at radius 3 is 2.50 bits per heavy atom. The van der Waals surface area contributed by atoms with Crippen LogP contribution in [0, 0.1) is 45.8 Å². The van der Waals surface area contributed by atoms with Crippen molar-refractivity contribution in [2.75, 3.05) is 0 Å². The van der Waals surface area contributed by atoms with Gasteiger partial charge in [0.15, 0.2) is 0 Å². The SMILES string of the molecule is CC(C)[C@@H]1C=CC2=C3CC[C@@](C)([C@H](C)C[C@@H]4C[C@@H](C)C(=O)O4)[C@]3(C)CC[C@H]2[C@@]1(C)CCC(=O)O. The molecule has 8 atom stereocenters. The summed E-state index contributed by atoms with van der Waals surface area (Å²) in [5.74, 6) is 1.15. The number of rotatable bonds is 7. The number of esters is 1. The fourth-order valence-electron chi connectivity index (χ4n) is 8.65. The zero-order chi connectivity index (χ0) is 25.1.